The SMILES string of the molecule is CCCNC(c1cc(C)ccc1OC)C(CC)OC. The van der Waals surface area contributed by atoms with E-state index >= 15 is 0 Å². The number of hydrogen-bond donors (Lipinski definition) is 1. The number of hydrogen-bond acceptors (Lipinski definition) is 3. The van der Waals surface area contributed by atoms with Crippen molar-refractivity contribution >= 4 is 0 Å². The summed E-state index contributed by atoms with van der Waals surface area (Å²) in [4.78, 5) is 0. The van der Waals surface area contributed by atoms with Gasteiger partial charge in [-0.1, -0.05) is 31.5 Å². The Morgan fingerprint density at radius 2 is 1.95 bits per heavy atom. The second-order valence-electron chi connectivity index (χ2n) is 4.86. The van der Waals surface area contributed by atoms with Gasteiger partial charge in [0.25, 0.3) is 0 Å². The zero-order valence-electron chi connectivity index (χ0n) is 12.8. The van der Waals surface area contributed by atoms with Crippen LogP contribution in [0.1, 0.15) is 43.9 Å². The van der Waals surface area contributed by atoms with Crippen LogP contribution in [0.15, 0.2) is 18.2 Å². The lowest BCUT2D eigenvalue weighted by Crippen LogP contribution is -2.33. The molecule has 2 atom stereocenters. The maximum atomic E-state index is 5.63. The van der Waals surface area contributed by atoms with Gasteiger partial charge in [0.15, 0.2) is 0 Å². The molecule has 3 nitrogen and oxygen atoms in total. The van der Waals surface area contributed by atoms with Crippen LogP contribution >= 0.6 is 0 Å². The van der Waals surface area contributed by atoms with Crippen molar-refractivity contribution in [3.05, 3.63) is 29.3 Å². The Hall–Kier alpha value is -1.06. The monoisotopic (exact) mass is 265 g/mol. The van der Waals surface area contributed by atoms with E-state index in [1.54, 1.807) is 14.2 Å². The van der Waals surface area contributed by atoms with Crippen LogP contribution in [-0.4, -0.2) is 26.9 Å². The van der Waals surface area contributed by atoms with Crippen LogP contribution < -0.4 is 10.1 Å². The number of benzene rings is 1. The molecule has 1 aromatic carbocycles. The molecule has 0 saturated carbocycles. The highest BCUT2D eigenvalue weighted by atomic mass is 16.5. The third-order valence-electron chi connectivity index (χ3n) is 3.41. The van der Waals surface area contributed by atoms with Gasteiger partial charge in [-0.2, -0.15) is 0 Å². The normalized spacial score (nSPS) is 14.2. The number of aryl methyl sites for hydroxylation is 1. The summed E-state index contributed by atoms with van der Waals surface area (Å²) in [5.41, 5.74) is 2.43. The van der Waals surface area contributed by atoms with E-state index in [1.165, 1.54) is 11.1 Å². The van der Waals surface area contributed by atoms with Crippen molar-refractivity contribution in [2.24, 2.45) is 0 Å². The summed E-state index contributed by atoms with van der Waals surface area (Å²) in [7, 11) is 3.50. The van der Waals surface area contributed by atoms with E-state index < -0.39 is 0 Å². The van der Waals surface area contributed by atoms with Crippen LogP contribution in [0.3, 0.4) is 0 Å². The van der Waals surface area contributed by atoms with Crippen LogP contribution in [0.5, 0.6) is 5.75 Å². The van der Waals surface area contributed by atoms with Crippen molar-refractivity contribution in [3.8, 4) is 5.75 Å². The van der Waals surface area contributed by atoms with Gasteiger partial charge in [0.05, 0.1) is 19.3 Å². The third kappa shape index (κ3) is 4.22. The second-order valence-corrected chi connectivity index (χ2v) is 4.86. The van der Waals surface area contributed by atoms with Crippen molar-refractivity contribution in [2.45, 2.75) is 45.8 Å². The first-order chi connectivity index (χ1) is 9.17. The summed E-state index contributed by atoms with van der Waals surface area (Å²) in [5.74, 6) is 0.926. The molecule has 2 unspecified atom stereocenters. The van der Waals surface area contributed by atoms with Crippen LogP contribution in [0.2, 0.25) is 0 Å². The van der Waals surface area contributed by atoms with Crippen molar-refractivity contribution in [1.82, 2.24) is 5.32 Å². The molecule has 0 aliphatic rings. The quantitative estimate of drug-likeness (QED) is 0.780. The molecule has 0 aliphatic heterocycles. The van der Waals surface area contributed by atoms with Gasteiger partial charge in [0, 0.05) is 12.7 Å². The van der Waals surface area contributed by atoms with Crippen molar-refractivity contribution in [3.63, 3.8) is 0 Å². The maximum Gasteiger partial charge on any atom is 0.123 e. The van der Waals surface area contributed by atoms with Gasteiger partial charge >= 0.3 is 0 Å². The molecule has 0 aromatic heterocycles. The van der Waals surface area contributed by atoms with E-state index in [0.29, 0.717) is 0 Å². The van der Waals surface area contributed by atoms with E-state index in [-0.39, 0.29) is 12.1 Å². The molecule has 0 amide bonds. The van der Waals surface area contributed by atoms with Crippen molar-refractivity contribution in [1.29, 1.82) is 0 Å². The van der Waals surface area contributed by atoms with Gasteiger partial charge in [0.2, 0.25) is 0 Å². The second kappa shape index (κ2) is 8.18. The highest BCUT2D eigenvalue weighted by Crippen LogP contribution is 2.30. The Balaban J connectivity index is 3.10. The van der Waals surface area contributed by atoms with E-state index in [9.17, 15) is 0 Å². The fourth-order valence-electron chi connectivity index (χ4n) is 2.38. The van der Waals surface area contributed by atoms with Crippen molar-refractivity contribution in [2.75, 3.05) is 20.8 Å². The molecule has 0 fully saturated rings. The smallest absolute Gasteiger partial charge is 0.123 e. The van der Waals surface area contributed by atoms with Crippen molar-refractivity contribution < 1.29 is 9.47 Å². The summed E-state index contributed by atoms with van der Waals surface area (Å²) >= 11 is 0. The molecule has 1 aromatic rings. The molecule has 0 saturated heterocycles. The third-order valence-corrected chi connectivity index (χ3v) is 3.41. The summed E-state index contributed by atoms with van der Waals surface area (Å²) in [6.07, 6.45) is 2.22. The Morgan fingerprint density at radius 1 is 1.21 bits per heavy atom. The molecule has 0 radical (unpaired) electrons. The Kier molecular flexibility index (Phi) is 6.89. The lowest BCUT2D eigenvalue weighted by atomic mass is 9.96. The lowest BCUT2D eigenvalue weighted by Gasteiger charge is -2.28. The summed E-state index contributed by atoms with van der Waals surface area (Å²) < 4.78 is 11.1. The van der Waals surface area contributed by atoms with E-state index in [4.69, 9.17) is 9.47 Å². The average Bonchev–Trinajstić information content (AvgIpc) is 2.43. The van der Waals surface area contributed by atoms with Crippen LogP contribution in [0.25, 0.3) is 0 Å². The average molecular weight is 265 g/mol. The Bertz CT molecular complexity index is 375. The minimum atomic E-state index is 0.155. The van der Waals surface area contributed by atoms with Crippen LogP contribution in [-0.2, 0) is 4.74 Å². The Labute approximate surface area is 117 Å². The van der Waals surface area contributed by atoms with Gasteiger partial charge in [0.1, 0.15) is 5.75 Å². The summed E-state index contributed by atoms with van der Waals surface area (Å²) in [6.45, 7) is 7.40. The minimum absolute atomic E-state index is 0.155. The summed E-state index contributed by atoms with van der Waals surface area (Å²) in [5, 5.41) is 3.58. The van der Waals surface area contributed by atoms with Gasteiger partial charge in [-0.15, -0.1) is 0 Å². The fraction of sp³-hybridized carbons (Fsp3) is 0.625. The van der Waals surface area contributed by atoms with E-state index in [1.807, 2.05) is 6.07 Å². The number of methoxy groups -OCH3 is 2. The van der Waals surface area contributed by atoms with Gasteiger partial charge in [-0.3, -0.25) is 0 Å². The van der Waals surface area contributed by atoms with E-state index in [0.717, 1.165) is 25.1 Å². The topological polar surface area (TPSA) is 30.5 Å². The highest BCUT2D eigenvalue weighted by Gasteiger charge is 2.24. The highest BCUT2D eigenvalue weighted by molar-refractivity contribution is 5.39. The zero-order chi connectivity index (χ0) is 14.3. The molecule has 1 rings (SSSR count). The molecule has 3 heteroatoms. The molecular formula is C16H27NO2. The molecule has 0 spiro atoms. The lowest BCUT2D eigenvalue weighted by molar-refractivity contribution is 0.0642. The molecule has 0 heterocycles. The van der Waals surface area contributed by atoms with Gasteiger partial charge < -0.3 is 14.8 Å². The molecule has 19 heavy (non-hydrogen) atoms. The number of ether oxygens (including phenoxy) is 2. The molecule has 108 valence electrons. The minimum Gasteiger partial charge on any atom is -0.496 e. The van der Waals surface area contributed by atoms with E-state index in [2.05, 4.69) is 38.2 Å². The first-order valence-electron chi connectivity index (χ1n) is 7.08. The zero-order valence-corrected chi connectivity index (χ0v) is 12.8. The predicted octanol–water partition coefficient (Wildman–Crippen LogP) is 3.47. The van der Waals surface area contributed by atoms with Crippen LogP contribution in [0.4, 0.5) is 0 Å². The standard InChI is InChI=1S/C16H27NO2/c1-6-10-17-16(14(7-2)18-4)13-11-12(3)8-9-15(13)19-5/h8-9,11,14,16-17H,6-7,10H2,1-5H3. The number of rotatable bonds is 8. The molecular weight excluding hydrogens is 238 g/mol. The molecule has 0 bridgehead atoms. The van der Waals surface area contributed by atoms with Gasteiger partial charge in [-0.05, 0) is 32.4 Å². The first-order valence-corrected chi connectivity index (χ1v) is 7.08. The number of nitrogens with one attached hydrogen (secondary N) is 1. The van der Waals surface area contributed by atoms with Gasteiger partial charge in [-0.25, -0.2) is 0 Å². The first kappa shape index (κ1) is 16.0. The Morgan fingerprint density at radius 3 is 2.47 bits per heavy atom. The molecule has 0 aliphatic carbocycles. The maximum absolute atomic E-state index is 5.63. The molecule has 1 N–H and O–H groups in total. The predicted molar refractivity (Wildman–Crippen MR) is 79.9 cm³/mol. The largest absolute Gasteiger partial charge is 0.496 e. The van der Waals surface area contributed by atoms with Crippen LogP contribution in [0, 0.1) is 6.92 Å². The summed E-state index contributed by atoms with van der Waals surface area (Å²) in [6, 6.07) is 6.47. The fourth-order valence-corrected chi connectivity index (χ4v) is 2.38.